The van der Waals surface area contributed by atoms with E-state index >= 15 is 0 Å². The van der Waals surface area contributed by atoms with Gasteiger partial charge in [-0.1, -0.05) is 26.7 Å². The van der Waals surface area contributed by atoms with Crippen LogP contribution in [-0.4, -0.2) is 60.4 Å². The molecule has 3 atom stereocenters. The Bertz CT molecular complexity index is 466. The Kier molecular flexibility index (Phi) is 6.37. The second kappa shape index (κ2) is 8.52. The summed E-state index contributed by atoms with van der Waals surface area (Å²) < 4.78 is 0. The van der Waals surface area contributed by atoms with Crippen LogP contribution in [0.3, 0.4) is 0 Å². The van der Waals surface area contributed by atoms with Crippen molar-refractivity contribution in [3.05, 3.63) is 0 Å². The first-order valence-electron chi connectivity index (χ1n) is 10.3. The predicted molar refractivity (Wildman–Crippen MR) is 99.1 cm³/mol. The van der Waals surface area contributed by atoms with Crippen molar-refractivity contribution in [1.82, 2.24) is 15.1 Å². The minimum Gasteiger partial charge on any atom is -0.356 e. The summed E-state index contributed by atoms with van der Waals surface area (Å²) in [6.45, 7) is 9.46. The van der Waals surface area contributed by atoms with Crippen molar-refractivity contribution in [2.24, 2.45) is 17.8 Å². The molecule has 3 fully saturated rings. The van der Waals surface area contributed by atoms with E-state index in [4.69, 9.17) is 0 Å². The van der Waals surface area contributed by atoms with Gasteiger partial charge in [-0.25, -0.2) is 0 Å². The monoisotopic (exact) mass is 349 g/mol. The SMILES string of the molecule is CC1CC(C)CN(CCCNC(=O)C2CC(=O)N(C3CCCC3)C2)C1. The largest absolute Gasteiger partial charge is 0.356 e. The third kappa shape index (κ3) is 4.96. The lowest BCUT2D eigenvalue weighted by Gasteiger charge is -2.34. The number of carbonyl (C=O) groups excluding carboxylic acids is 2. The fraction of sp³-hybridized carbons (Fsp3) is 0.900. The molecule has 0 bridgehead atoms. The van der Waals surface area contributed by atoms with Crippen LogP contribution in [0.15, 0.2) is 0 Å². The van der Waals surface area contributed by atoms with Gasteiger partial charge in [0.15, 0.2) is 0 Å². The molecule has 2 aliphatic heterocycles. The standard InChI is InChI=1S/C20H35N3O2/c1-15-10-16(2)13-22(12-15)9-5-8-21-20(25)17-11-19(24)23(14-17)18-6-3-4-7-18/h15-18H,3-14H2,1-2H3,(H,21,25). The van der Waals surface area contributed by atoms with Crippen LogP contribution in [0, 0.1) is 17.8 Å². The lowest BCUT2D eigenvalue weighted by atomic mass is 9.92. The number of carbonyl (C=O) groups is 2. The molecule has 3 rings (SSSR count). The average Bonchev–Trinajstić information content (AvgIpc) is 3.19. The second-order valence-electron chi connectivity index (χ2n) is 8.74. The number of hydrogen-bond donors (Lipinski definition) is 1. The molecule has 0 aromatic rings. The predicted octanol–water partition coefficient (Wildman–Crippen LogP) is 2.26. The lowest BCUT2D eigenvalue weighted by molar-refractivity contribution is -0.130. The maximum Gasteiger partial charge on any atom is 0.225 e. The average molecular weight is 350 g/mol. The summed E-state index contributed by atoms with van der Waals surface area (Å²) in [5, 5.41) is 3.07. The van der Waals surface area contributed by atoms with Crippen LogP contribution >= 0.6 is 0 Å². The highest BCUT2D eigenvalue weighted by atomic mass is 16.2. The van der Waals surface area contributed by atoms with Crippen molar-refractivity contribution in [2.75, 3.05) is 32.7 Å². The molecule has 2 amide bonds. The zero-order chi connectivity index (χ0) is 17.8. The highest BCUT2D eigenvalue weighted by Gasteiger charge is 2.38. The van der Waals surface area contributed by atoms with Gasteiger partial charge in [-0.15, -0.1) is 0 Å². The Morgan fingerprint density at radius 1 is 1.12 bits per heavy atom. The highest BCUT2D eigenvalue weighted by Crippen LogP contribution is 2.29. The molecular weight excluding hydrogens is 314 g/mol. The summed E-state index contributed by atoms with van der Waals surface area (Å²) in [4.78, 5) is 29.1. The number of rotatable bonds is 6. The number of piperidine rings is 1. The van der Waals surface area contributed by atoms with Gasteiger partial charge >= 0.3 is 0 Å². The second-order valence-corrected chi connectivity index (χ2v) is 8.74. The van der Waals surface area contributed by atoms with Crippen LogP contribution in [0.1, 0.15) is 58.8 Å². The van der Waals surface area contributed by atoms with Crippen LogP contribution in [0.5, 0.6) is 0 Å². The van der Waals surface area contributed by atoms with Gasteiger partial charge in [-0.05, 0) is 44.1 Å². The van der Waals surface area contributed by atoms with E-state index in [2.05, 4.69) is 24.1 Å². The van der Waals surface area contributed by atoms with Gasteiger partial charge in [-0.3, -0.25) is 9.59 Å². The van der Waals surface area contributed by atoms with E-state index in [-0.39, 0.29) is 17.7 Å². The molecule has 1 aliphatic carbocycles. The quantitative estimate of drug-likeness (QED) is 0.749. The van der Waals surface area contributed by atoms with Gasteiger partial charge in [0.1, 0.15) is 0 Å². The van der Waals surface area contributed by atoms with Gasteiger partial charge in [-0.2, -0.15) is 0 Å². The fourth-order valence-electron chi connectivity index (χ4n) is 5.11. The number of nitrogens with zero attached hydrogens (tertiary/aromatic N) is 2. The van der Waals surface area contributed by atoms with E-state index in [1.54, 1.807) is 0 Å². The van der Waals surface area contributed by atoms with E-state index in [1.807, 2.05) is 4.90 Å². The summed E-state index contributed by atoms with van der Waals surface area (Å²) in [5.74, 6) is 1.69. The first-order valence-corrected chi connectivity index (χ1v) is 10.3. The highest BCUT2D eigenvalue weighted by molar-refractivity contribution is 5.89. The molecule has 3 aliphatic rings. The van der Waals surface area contributed by atoms with Crippen LogP contribution in [0.2, 0.25) is 0 Å². The first-order chi connectivity index (χ1) is 12.0. The van der Waals surface area contributed by atoms with E-state index in [0.29, 0.717) is 19.0 Å². The van der Waals surface area contributed by atoms with Gasteiger partial charge in [0.25, 0.3) is 0 Å². The van der Waals surface area contributed by atoms with Crippen LogP contribution in [0.4, 0.5) is 0 Å². The minimum absolute atomic E-state index is 0.0780. The molecule has 1 saturated carbocycles. The lowest BCUT2D eigenvalue weighted by Crippen LogP contribution is -2.40. The van der Waals surface area contributed by atoms with Gasteiger partial charge < -0.3 is 15.1 Å². The first kappa shape index (κ1) is 18.7. The fourth-order valence-corrected chi connectivity index (χ4v) is 5.11. The Morgan fingerprint density at radius 2 is 1.80 bits per heavy atom. The summed E-state index contributed by atoms with van der Waals surface area (Å²) >= 11 is 0. The van der Waals surface area contributed by atoms with E-state index in [1.165, 1.54) is 32.4 Å². The van der Waals surface area contributed by atoms with Crippen molar-refractivity contribution < 1.29 is 9.59 Å². The Labute approximate surface area is 152 Å². The third-order valence-corrected chi connectivity index (χ3v) is 6.19. The number of nitrogens with one attached hydrogen (secondary N) is 1. The van der Waals surface area contributed by atoms with Gasteiger partial charge in [0.05, 0.1) is 5.92 Å². The van der Waals surface area contributed by atoms with Crippen molar-refractivity contribution in [3.63, 3.8) is 0 Å². The molecule has 2 saturated heterocycles. The molecule has 142 valence electrons. The molecular formula is C20H35N3O2. The van der Waals surface area contributed by atoms with Gasteiger partial charge in [0, 0.05) is 38.6 Å². The van der Waals surface area contributed by atoms with Crippen LogP contribution in [-0.2, 0) is 9.59 Å². The molecule has 5 nitrogen and oxygen atoms in total. The Morgan fingerprint density at radius 3 is 2.48 bits per heavy atom. The summed E-state index contributed by atoms with van der Waals surface area (Å²) in [6.07, 6.45) is 7.42. The van der Waals surface area contributed by atoms with Crippen molar-refractivity contribution in [2.45, 2.75) is 64.8 Å². The normalized spacial score (nSPS) is 31.7. The molecule has 5 heteroatoms. The Balaban J connectivity index is 1.35. The maximum atomic E-state index is 12.4. The topological polar surface area (TPSA) is 52.7 Å². The molecule has 0 aromatic carbocycles. The molecule has 1 N–H and O–H groups in total. The third-order valence-electron chi connectivity index (χ3n) is 6.19. The zero-order valence-electron chi connectivity index (χ0n) is 16.0. The van der Waals surface area contributed by atoms with E-state index < -0.39 is 0 Å². The van der Waals surface area contributed by atoms with Crippen LogP contribution < -0.4 is 5.32 Å². The van der Waals surface area contributed by atoms with E-state index in [0.717, 1.165) is 44.2 Å². The van der Waals surface area contributed by atoms with Crippen molar-refractivity contribution in [3.8, 4) is 0 Å². The maximum absolute atomic E-state index is 12.4. The zero-order valence-corrected chi connectivity index (χ0v) is 16.0. The smallest absolute Gasteiger partial charge is 0.225 e. The number of amides is 2. The Hall–Kier alpha value is -1.10. The summed E-state index contributed by atoms with van der Waals surface area (Å²) in [5.41, 5.74) is 0. The molecule has 0 spiro atoms. The number of likely N-dealkylation sites (tertiary alicyclic amines) is 2. The molecule has 0 aromatic heterocycles. The van der Waals surface area contributed by atoms with Crippen molar-refractivity contribution in [1.29, 1.82) is 0 Å². The molecule has 3 unspecified atom stereocenters. The minimum atomic E-state index is -0.136. The van der Waals surface area contributed by atoms with Crippen LogP contribution in [0.25, 0.3) is 0 Å². The molecule has 25 heavy (non-hydrogen) atoms. The van der Waals surface area contributed by atoms with Gasteiger partial charge in [0.2, 0.25) is 11.8 Å². The molecule has 2 heterocycles. The number of hydrogen-bond acceptors (Lipinski definition) is 3. The summed E-state index contributed by atoms with van der Waals surface area (Å²) in [6, 6.07) is 0.397. The van der Waals surface area contributed by atoms with E-state index in [9.17, 15) is 9.59 Å². The molecule has 0 radical (unpaired) electrons. The van der Waals surface area contributed by atoms with Crippen molar-refractivity contribution >= 4 is 11.8 Å². The summed E-state index contributed by atoms with van der Waals surface area (Å²) in [7, 11) is 0.